The molecule has 4 rings (SSSR count). The van der Waals surface area contributed by atoms with Gasteiger partial charge in [-0.05, 0) is 23.1 Å². The molecule has 1 aliphatic heterocycles. The molecule has 0 saturated heterocycles. The van der Waals surface area contributed by atoms with Crippen LogP contribution in [0.4, 0.5) is 0 Å². The van der Waals surface area contributed by atoms with E-state index in [-0.39, 0.29) is 5.75 Å². The number of rotatable bonds is 0. The van der Waals surface area contributed by atoms with Crippen LogP contribution in [0.15, 0.2) is 54.6 Å². The van der Waals surface area contributed by atoms with Crippen molar-refractivity contribution >= 4 is 10.8 Å². The van der Waals surface area contributed by atoms with Crippen LogP contribution in [0.2, 0.25) is 0 Å². The number of ether oxygens (including phenoxy) is 1. The third-order valence-corrected chi connectivity index (χ3v) is 3.37. The minimum Gasteiger partial charge on any atom is -0.504 e. The van der Waals surface area contributed by atoms with Crippen molar-refractivity contribution in [3.8, 4) is 28.4 Å². The Morgan fingerprint density at radius 2 is 1.61 bits per heavy atom. The Bertz CT molecular complexity index is 775. The molecule has 0 aliphatic carbocycles. The summed E-state index contributed by atoms with van der Waals surface area (Å²) in [4.78, 5) is 0. The van der Waals surface area contributed by atoms with Crippen molar-refractivity contribution < 1.29 is 9.84 Å². The van der Waals surface area contributed by atoms with E-state index < -0.39 is 0 Å². The normalized spacial score (nSPS) is 12.0. The standard InChI is InChI=1S/C16H10O2/c17-13-9-8-10-4-3-6-12-11-5-1-2-7-14(11)18-16(13)15(10)12/h1-9,17H. The fourth-order valence-electron chi connectivity index (χ4n) is 2.55. The maximum atomic E-state index is 9.97. The maximum absolute atomic E-state index is 9.97. The maximum Gasteiger partial charge on any atom is 0.177 e. The molecule has 2 nitrogen and oxygen atoms in total. The van der Waals surface area contributed by atoms with E-state index in [0.29, 0.717) is 5.75 Å². The molecule has 1 aliphatic rings. The summed E-state index contributed by atoms with van der Waals surface area (Å²) in [7, 11) is 0. The molecule has 0 saturated carbocycles. The van der Waals surface area contributed by atoms with E-state index >= 15 is 0 Å². The molecule has 3 aromatic carbocycles. The van der Waals surface area contributed by atoms with Crippen LogP contribution in [0.1, 0.15) is 0 Å². The van der Waals surface area contributed by atoms with Crippen molar-refractivity contribution in [2.24, 2.45) is 0 Å². The van der Waals surface area contributed by atoms with Crippen molar-refractivity contribution in [3.63, 3.8) is 0 Å². The van der Waals surface area contributed by atoms with Crippen LogP contribution >= 0.6 is 0 Å². The highest BCUT2D eigenvalue weighted by Crippen LogP contribution is 2.49. The van der Waals surface area contributed by atoms with E-state index in [2.05, 4.69) is 6.07 Å². The largest absolute Gasteiger partial charge is 0.504 e. The van der Waals surface area contributed by atoms with Gasteiger partial charge >= 0.3 is 0 Å². The molecule has 86 valence electrons. The third kappa shape index (κ3) is 1.12. The van der Waals surface area contributed by atoms with Gasteiger partial charge in [0.2, 0.25) is 0 Å². The molecule has 2 heteroatoms. The quantitative estimate of drug-likeness (QED) is 0.491. The Labute approximate surface area is 104 Å². The van der Waals surface area contributed by atoms with Crippen LogP contribution in [0, 0.1) is 0 Å². The number of phenolic OH excluding ortho intramolecular Hbond substituents is 1. The van der Waals surface area contributed by atoms with Crippen LogP contribution in [0.5, 0.6) is 17.2 Å². The molecule has 1 heterocycles. The number of hydrogen-bond acceptors (Lipinski definition) is 2. The van der Waals surface area contributed by atoms with Crippen molar-refractivity contribution in [1.29, 1.82) is 0 Å². The first-order valence-corrected chi connectivity index (χ1v) is 5.86. The van der Waals surface area contributed by atoms with Crippen molar-refractivity contribution in [3.05, 3.63) is 54.6 Å². The lowest BCUT2D eigenvalue weighted by Crippen LogP contribution is -1.96. The van der Waals surface area contributed by atoms with Gasteiger partial charge in [0.25, 0.3) is 0 Å². The minimum absolute atomic E-state index is 0.185. The zero-order valence-electron chi connectivity index (χ0n) is 9.55. The Hall–Kier alpha value is -2.48. The topological polar surface area (TPSA) is 29.5 Å². The first-order valence-electron chi connectivity index (χ1n) is 5.86. The zero-order valence-corrected chi connectivity index (χ0v) is 9.55. The molecule has 18 heavy (non-hydrogen) atoms. The zero-order chi connectivity index (χ0) is 12.1. The number of phenols is 1. The Morgan fingerprint density at radius 1 is 0.778 bits per heavy atom. The Balaban J connectivity index is 2.23. The van der Waals surface area contributed by atoms with E-state index in [1.807, 2.05) is 42.5 Å². The van der Waals surface area contributed by atoms with E-state index in [4.69, 9.17) is 4.74 Å². The monoisotopic (exact) mass is 234 g/mol. The van der Waals surface area contributed by atoms with Gasteiger partial charge < -0.3 is 9.84 Å². The molecule has 0 amide bonds. The summed E-state index contributed by atoms with van der Waals surface area (Å²) in [6.45, 7) is 0. The van der Waals surface area contributed by atoms with Gasteiger partial charge in [0.15, 0.2) is 11.5 Å². The van der Waals surface area contributed by atoms with Gasteiger partial charge in [-0.25, -0.2) is 0 Å². The van der Waals surface area contributed by atoms with Gasteiger partial charge in [0.05, 0.1) is 0 Å². The summed E-state index contributed by atoms with van der Waals surface area (Å²) in [5.74, 6) is 1.53. The molecule has 0 spiro atoms. The average molecular weight is 234 g/mol. The number of hydrogen-bond donors (Lipinski definition) is 1. The van der Waals surface area contributed by atoms with Crippen molar-refractivity contribution in [2.75, 3.05) is 0 Å². The molecule has 0 unspecified atom stereocenters. The first-order chi connectivity index (χ1) is 8.84. The molecule has 3 aromatic rings. The second-order valence-electron chi connectivity index (χ2n) is 4.42. The number of aromatic hydroxyl groups is 1. The highest BCUT2D eigenvalue weighted by atomic mass is 16.5. The van der Waals surface area contributed by atoms with E-state index in [9.17, 15) is 5.11 Å². The second kappa shape index (κ2) is 3.26. The van der Waals surface area contributed by atoms with Gasteiger partial charge in [-0.2, -0.15) is 0 Å². The van der Waals surface area contributed by atoms with E-state index in [1.165, 1.54) is 0 Å². The average Bonchev–Trinajstić information content (AvgIpc) is 2.43. The summed E-state index contributed by atoms with van der Waals surface area (Å²) < 4.78 is 5.83. The highest BCUT2D eigenvalue weighted by molar-refractivity contribution is 6.05. The Morgan fingerprint density at radius 3 is 2.56 bits per heavy atom. The van der Waals surface area contributed by atoms with Crippen molar-refractivity contribution in [1.82, 2.24) is 0 Å². The smallest absolute Gasteiger partial charge is 0.177 e. The SMILES string of the molecule is Oc1ccc2cccc3c2c1Oc1ccccc1-3. The number of benzene rings is 3. The minimum atomic E-state index is 0.185. The summed E-state index contributed by atoms with van der Waals surface area (Å²) in [6.07, 6.45) is 0. The molecule has 0 radical (unpaired) electrons. The Kier molecular flexibility index (Phi) is 1.73. The lowest BCUT2D eigenvalue weighted by molar-refractivity contribution is 0.414. The number of para-hydroxylation sites is 1. The lowest BCUT2D eigenvalue weighted by atomic mass is 9.94. The predicted molar refractivity (Wildman–Crippen MR) is 71.1 cm³/mol. The van der Waals surface area contributed by atoms with Gasteiger partial charge in [0, 0.05) is 10.9 Å². The second-order valence-corrected chi connectivity index (χ2v) is 4.42. The summed E-state index contributed by atoms with van der Waals surface area (Å²) in [5, 5.41) is 12.0. The first kappa shape index (κ1) is 9.54. The third-order valence-electron chi connectivity index (χ3n) is 3.37. The fraction of sp³-hybridized carbons (Fsp3) is 0. The summed E-state index contributed by atoms with van der Waals surface area (Å²) in [5.41, 5.74) is 2.18. The molecular weight excluding hydrogens is 224 g/mol. The van der Waals surface area contributed by atoms with Gasteiger partial charge in [-0.3, -0.25) is 0 Å². The molecule has 1 N–H and O–H groups in total. The fourth-order valence-corrected chi connectivity index (χ4v) is 2.55. The van der Waals surface area contributed by atoms with Gasteiger partial charge in [0.1, 0.15) is 5.75 Å². The van der Waals surface area contributed by atoms with Crippen LogP contribution in [0.25, 0.3) is 21.9 Å². The van der Waals surface area contributed by atoms with Gasteiger partial charge in [-0.15, -0.1) is 0 Å². The summed E-state index contributed by atoms with van der Waals surface area (Å²) >= 11 is 0. The molecule has 0 atom stereocenters. The summed E-state index contributed by atoms with van der Waals surface area (Å²) in [6, 6.07) is 17.6. The molecular formula is C16H10O2. The van der Waals surface area contributed by atoms with Crippen molar-refractivity contribution in [2.45, 2.75) is 0 Å². The van der Waals surface area contributed by atoms with Crippen LogP contribution < -0.4 is 4.74 Å². The lowest BCUT2D eigenvalue weighted by Gasteiger charge is -2.21. The molecule has 0 aromatic heterocycles. The van der Waals surface area contributed by atoms with E-state index in [0.717, 1.165) is 27.6 Å². The van der Waals surface area contributed by atoms with E-state index in [1.54, 1.807) is 6.07 Å². The molecule has 0 fully saturated rings. The number of fused-ring (bicyclic) bond motifs is 2. The predicted octanol–water partition coefficient (Wildman–Crippen LogP) is 4.32. The highest BCUT2D eigenvalue weighted by Gasteiger charge is 2.21. The van der Waals surface area contributed by atoms with Gasteiger partial charge in [-0.1, -0.05) is 42.5 Å². The van der Waals surface area contributed by atoms with Crippen LogP contribution in [-0.4, -0.2) is 5.11 Å². The van der Waals surface area contributed by atoms with Crippen LogP contribution in [0.3, 0.4) is 0 Å². The molecule has 0 bridgehead atoms. The van der Waals surface area contributed by atoms with Crippen LogP contribution in [-0.2, 0) is 0 Å².